The van der Waals surface area contributed by atoms with Crippen LogP contribution in [0.3, 0.4) is 0 Å². The molecule has 4 heteroatoms. The van der Waals surface area contributed by atoms with E-state index in [0.717, 1.165) is 16.3 Å². The molecule has 0 fully saturated rings. The van der Waals surface area contributed by atoms with E-state index in [2.05, 4.69) is 4.98 Å². The SMILES string of the molecule is Cc1ccc(-c2csc(CC#N)n2)cc1F. The van der Waals surface area contributed by atoms with Gasteiger partial charge in [-0.3, -0.25) is 0 Å². The third kappa shape index (κ3) is 2.10. The van der Waals surface area contributed by atoms with Crippen LogP contribution in [0.15, 0.2) is 23.6 Å². The highest BCUT2D eigenvalue weighted by molar-refractivity contribution is 7.10. The van der Waals surface area contributed by atoms with Gasteiger partial charge < -0.3 is 0 Å². The average Bonchev–Trinajstić information content (AvgIpc) is 2.71. The fourth-order valence-corrected chi connectivity index (χ4v) is 2.08. The molecule has 1 aromatic heterocycles. The molecule has 0 amide bonds. The third-order valence-corrected chi connectivity index (χ3v) is 3.10. The maximum absolute atomic E-state index is 13.3. The molecular formula is C12H9FN2S. The summed E-state index contributed by atoms with van der Waals surface area (Å²) in [6.07, 6.45) is 0.305. The van der Waals surface area contributed by atoms with Gasteiger partial charge >= 0.3 is 0 Å². The van der Waals surface area contributed by atoms with Crippen molar-refractivity contribution in [2.75, 3.05) is 0 Å². The Morgan fingerprint density at radius 1 is 1.50 bits per heavy atom. The third-order valence-electron chi connectivity index (χ3n) is 2.25. The second-order valence-electron chi connectivity index (χ2n) is 3.43. The van der Waals surface area contributed by atoms with Crippen molar-refractivity contribution in [2.45, 2.75) is 13.3 Å². The first kappa shape index (κ1) is 10.8. The van der Waals surface area contributed by atoms with Crippen molar-refractivity contribution >= 4 is 11.3 Å². The second kappa shape index (κ2) is 4.42. The predicted octanol–water partition coefficient (Wildman–Crippen LogP) is 3.32. The van der Waals surface area contributed by atoms with Crippen LogP contribution in [-0.2, 0) is 6.42 Å². The molecule has 1 aromatic carbocycles. The molecule has 2 rings (SSSR count). The van der Waals surface area contributed by atoms with Crippen LogP contribution in [0.1, 0.15) is 10.6 Å². The van der Waals surface area contributed by atoms with Gasteiger partial charge in [0.25, 0.3) is 0 Å². The van der Waals surface area contributed by atoms with Gasteiger partial charge in [0.1, 0.15) is 10.8 Å². The topological polar surface area (TPSA) is 36.7 Å². The van der Waals surface area contributed by atoms with Crippen LogP contribution in [0.4, 0.5) is 4.39 Å². The highest BCUT2D eigenvalue weighted by Crippen LogP contribution is 2.23. The first-order valence-corrected chi connectivity index (χ1v) is 5.66. The van der Waals surface area contributed by atoms with Crippen LogP contribution in [0.2, 0.25) is 0 Å². The summed E-state index contributed by atoms with van der Waals surface area (Å²) < 4.78 is 13.3. The summed E-state index contributed by atoms with van der Waals surface area (Å²) in [6, 6.07) is 7.08. The zero-order valence-electron chi connectivity index (χ0n) is 8.70. The number of nitrogens with zero attached hydrogens (tertiary/aromatic N) is 2. The molecule has 0 aliphatic rings. The van der Waals surface area contributed by atoms with Crippen LogP contribution >= 0.6 is 11.3 Å². The summed E-state index contributed by atoms with van der Waals surface area (Å²) in [5.41, 5.74) is 2.11. The van der Waals surface area contributed by atoms with E-state index < -0.39 is 0 Å². The Kier molecular flexibility index (Phi) is 2.97. The number of aryl methyl sites for hydroxylation is 1. The Bertz CT molecular complexity index is 554. The average molecular weight is 232 g/mol. The monoisotopic (exact) mass is 232 g/mol. The van der Waals surface area contributed by atoms with E-state index in [1.165, 1.54) is 17.4 Å². The lowest BCUT2D eigenvalue weighted by Crippen LogP contribution is -1.85. The zero-order valence-corrected chi connectivity index (χ0v) is 9.51. The Balaban J connectivity index is 2.36. The molecule has 0 bridgehead atoms. The van der Waals surface area contributed by atoms with Gasteiger partial charge in [-0.1, -0.05) is 12.1 Å². The number of benzene rings is 1. The molecule has 0 saturated heterocycles. The van der Waals surface area contributed by atoms with Gasteiger partial charge in [0, 0.05) is 10.9 Å². The molecule has 0 unspecified atom stereocenters. The predicted molar refractivity (Wildman–Crippen MR) is 61.6 cm³/mol. The lowest BCUT2D eigenvalue weighted by molar-refractivity contribution is 0.619. The minimum atomic E-state index is -0.229. The van der Waals surface area contributed by atoms with Crippen molar-refractivity contribution in [3.63, 3.8) is 0 Å². The second-order valence-corrected chi connectivity index (χ2v) is 4.37. The fourth-order valence-electron chi connectivity index (χ4n) is 1.34. The molecule has 16 heavy (non-hydrogen) atoms. The number of halogens is 1. The summed E-state index contributed by atoms with van der Waals surface area (Å²) >= 11 is 1.42. The van der Waals surface area contributed by atoms with Gasteiger partial charge in [-0.05, 0) is 18.6 Å². The minimum absolute atomic E-state index is 0.229. The highest BCUT2D eigenvalue weighted by Gasteiger charge is 2.06. The van der Waals surface area contributed by atoms with Crippen molar-refractivity contribution in [3.8, 4) is 17.3 Å². The van der Waals surface area contributed by atoms with Crippen molar-refractivity contribution in [2.24, 2.45) is 0 Å². The number of hydrogen-bond acceptors (Lipinski definition) is 3. The fraction of sp³-hybridized carbons (Fsp3) is 0.167. The molecule has 80 valence electrons. The Labute approximate surface area is 97.0 Å². The van der Waals surface area contributed by atoms with E-state index in [9.17, 15) is 4.39 Å². The van der Waals surface area contributed by atoms with Crippen LogP contribution in [0, 0.1) is 24.1 Å². The molecule has 0 spiro atoms. The number of rotatable bonds is 2. The van der Waals surface area contributed by atoms with Gasteiger partial charge in [-0.25, -0.2) is 9.37 Å². The lowest BCUT2D eigenvalue weighted by Gasteiger charge is -1.99. The molecule has 0 N–H and O–H groups in total. The summed E-state index contributed by atoms with van der Waals surface area (Å²) in [7, 11) is 0. The standard InChI is InChI=1S/C12H9FN2S/c1-8-2-3-9(6-10(8)13)11-7-16-12(15-11)4-5-14/h2-3,6-7H,4H2,1H3. The molecule has 0 saturated carbocycles. The summed E-state index contributed by atoms with van der Waals surface area (Å²) in [5, 5.41) is 11.1. The van der Waals surface area contributed by atoms with Gasteiger partial charge in [-0.2, -0.15) is 5.26 Å². The van der Waals surface area contributed by atoms with Crippen molar-refractivity contribution < 1.29 is 4.39 Å². The van der Waals surface area contributed by atoms with Crippen molar-refractivity contribution in [1.29, 1.82) is 5.26 Å². The molecule has 0 aliphatic heterocycles. The van der Waals surface area contributed by atoms with Crippen molar-refractivity contribution in [1.82, 2.24) is 4.98 Å². The van der Waals surface area contributed by atoms with Crippen LogP contribution in [0.5, 0.6) is 0 Å². The Hall–Kier alpha value is -1.73. The van der Waals surface area contributed by atoms with E-state index in [-0.39, 0.29) is 5.82 Å². The molecule has 0 aliphatic carbocycles. The van der Waals surface area contributed by atoms with Gasteiger partial charge in [0.05, 0.1) is 18.2 Å². The molecular weight excluding hydrogens is 223 g/mol. The number of nitriles is 1. The molecule has 0 atom stereocenters. The first-order chi connectivity index (χ1) is 7.70. The number of thiazole rings is 1. The summed E-state index contributed by atoms with van der Waals surface area (Å²) in [4.78, 5) is 4.27. The molecule has 1 heterocycles. The van der Waals surface area contributed by atoms with E-state index in [0.29, 0.717) is 12.0 Å². The highest BCUT2D eigenvalue weighted by atomic mass is 32.1. The van der Waals surface area contributed by atoms with E-state index >= 15 is 0 Å². The first-order valence-electron chi connectivity index (χ1n) is 4.78. The molecule has 2 aromatic rings. The molecule has 0 radical (unpaired) electrons. The maximum atomic E-state index is 13.3. The number of hydrogen-bond donors (Lipinski definition) is 0. The van der Waals surface area contributed by atoms with Crippen LogP contribution < -0.4 is 0 Å². The van der Waals surface area contributed by atoms with Gasteiger partial charge in [-0.15, -0.1) is 11.3 Å². The van der Waals surface area contributed by atoms with Crippen LogP contribution in [0.25, 0.3) is 11.3 Å². The quantitative estimate of drug-likeness (QED) is 0.796. The maximum Gasteiger partial charge on any atom is 0.126 e. The normalized spacial score (nSPS) is 10.1. The van der Waals surface area contributed by atoms with Gasteiger partial charge in [0.2, 0.25) is 0 Å². The smallest absolute Gasteiger partial charge is 0.126 e. The van der Waals surface area contributed by atoms with Crippen molar-refractivity contribution in [3.05, 3.63) is 40.0 Å². The van der Waals surface area contributed by atoms with E-state index in [4.69, 9.17) is 5.26 Å². The minimum Gasteiger partial charge on any atom is -0.240 e. The summed E-state index contributed by atoms with van der Waals surface area (Å²) in [6.45, 7) is 1.72. The largest absolute Gasteiger partial charge is 0.240 e. The molecule has 2 nitrogen and oxygen atoms in total. The van der Waals surface area contributed by atoms with E-state index in [1.54, 1.807) is 13.0 Å². The van der Waals surface area contributed by atoms with E-state index in [1.807, 2.05) is 17.5 Å². The number of aromatic nitrogens is 1. The zero-order chi connectivity index (χ0) is 11.5. The summed E-state index contributed by atoms with van der Waals surface area (Å²) in [5.74, 6) is -0.229. The Morgan fingerprint density at radius 2 is 2.31 bits per heavy atom. The Morgan fingerprint density at radius 3 is 3.00 bits per heavy atom. The lowest BCUT2D eigenvalue weighted by atomic mass is 10.1. The van der Waals surface area contributed by atoms with Gasteiger partial charge in [0.15, 0.2) is 0 Å². The van der Waals surface area contributed by atoms with Crippen LogP contribution in [-0.4, -0.2) is 4.98 Å².